The quantitative estimate of drug-likeness (QED) is 0.704. The van der Waals surface area contributed by atoms with Gasteiger partial charge in [0.1, 0.15) is 17.1 Å². The van der Waals surface area contributed by atoms with Crippen molar-refractivity contribution in [2.24, 2.45) is 0 Å². The summed E-state index contributed by atoms with van der Waals surface area (Å²) in [6.07, 6.45) is 0. The average Bonchev–Trinajstić information content (AvgIpc) is 2.90. The highest BCUT2D eigenvalue weighted by Gasteiger charge is 2.14. The van der Waals surface area contributed by atoms with E-state index < -0.39 is 24.2 Å². The Kier molecular flexibility index (Phi) is 4.34. The summed E-state index contributed by atoms with van der Waals surface area (Å²) in [5, 5.41) is 2.54. The van der Waals surface area contributed by atoms with Gasteiger partial charge in [-0.15, -0.1) is 0 Å². The van der Waals surface area contributed by atoms with E-state index in [9.17, 15) is 22.4 Å². The second kappa shape index (κ2) is 6.44. The number of alkyl halides is 2. The third-order valence-corrected chi connectivity index (χ3v) is 3.89. The number of nitrogens with zero attached hydrogens (tertiary/aromatic N) is 1. The molecule has 0 aliphatic rings. The summed E-state index contributed by atoms with van der Waals surface area (Å²) in [6, 6.07) is 6.84. The first kappa shape index (κ1) is 16.2. The number of ether oxygens (including phenoxy) is 1. The van der Waals surface area contributed by atoms with Crippen molar-refractivity contribution in [1.29, 1.82) is 0 Å². The van der Waals surface area contributed by atoms with Crippen molar-refractivity contribution in [3.63, 3.8) is 0 Å². The van der Waals surface area contributed by atoms with Gasteiger partial charge < -0.3 is 4.74 Å². The molecule has 3 aromatic rings. The van der Waals surface area contributed by atoms with E-state index in [1.165, 1.54) is 24.3 Å². The normalized spacial score (nSPS) is 11.0. The van der Waals surface area contributed by atoms with E-state index in [1.807, 2.05) is 0 Å². The van der Waals surface area contributed by atoms with Crippen LogP contribution in [0.2, 0.25) is 0 Å². The van der Waals surface area contributed by atoms with Crippen LogP contribution < -0.4 is 10.1 Å². The number of carbonyl (C=O) groups excluding carboxylic acids is 1. The summed E-state index contributed by atoms with van der Waals surface area (Å²) in [5.74, 6) is -2.22. The van der Waals surface area contributed by atoms with Crippen LogP contribution in [0, 0.1) is 11.6 Å². The number of aromatic nitrogens is 1. The minimum Gasteiger partial charge on any atom is -0.435 e. The van der Waals surface area contributed by atoms with Crippen LogP contribution in [0.1, 0.15) is 10.4 Å². The van der Waals surface area contributed by atoms with Crippen LogP contribution in [0.4, 0.5) is 22.7 Å². The molecule has 0 radical (unpaired) electrons. The summed E-state index contributed by atoms with van der Waals surface area (Å²) in [5.41, 5.74) is 0.125. The van der Waals surface area contributed by atoms with Crippen molar-refractivity contribution >= 4 is 32.6 Å². The van der Waals surface area contributed by atoms with Gasteiger partial charge in [-0.3, -0.25) is 10.1 Å². The fourth-order valence-corrected chi connectivity index (χ4v) is 2.87. The van der Waals surface area contributed by atoms with Gasteiger partial charge in [-0.25, -0.2) is 13.8 Å². The maximum Gasteiger partial charge on any atom is 0.387 e. The summed E-state index contributed by atoms with van der Waals surface area (Å²) in [6.45, 7) is -2.96. The molecule has 1 amide bonds. The molecule has 1 aromatic heterocycles. The molecule has 0 fully saturated rings. The molecular formula is C15H8F4N2O2S. The van der Waals surface area contributed by atoms with Crippen LogP contribution in [0.3, 0.4) is 0 Å². The fourth-order valence-electron chi connectivity index (χ4n) is 1.97. The molecule has 0 spiro atoms. The van der Waals surface area contributed by atoms with E-state index >= 15 is 0 Å². The zero-order chi connectivity index (χ0) is 17.3. The van der Waals surface area contributed by atoms with E-state index in [4.69, 9.17) is 0 Å². The predicted molar refractivity (Wildman–Crippen MR) is 80.6 cm³/mol. The van der Waals surface area contributed by atoms with Crippen LogP contribution in [0.5, 0.6) is 5.75 Å². The number of hydrogen-bond donors (Lipinski definition) is 1. The third-order valence-electron chi connectivity index (χ3n) is 2.98. The van der Waals surface area contributed by atoms with Gasteiger partial charge in [0.15, 0.2) is 10.9 Å². The molecule has 2 aromatic carbocycles. The predicted octanol–water partition coefficient (Wildman–Crippen LogP) is 4.43. The SMILES string of the molecule is O=C(Nc1nc2c(F)cc(F)cc2s1)c1ccc(OC(F)F)cc1. The van der Waals surface area contributed by atoms with Gasteiger partial charge in [0.25, 0.3) is 5.91 Å². The van der Waals surface area contributed by atoms with Crippen molar-refractivity contribution in [2.45, 2.75) is 6.61 Å². The van der Waals surface area contributed by atoms with Gasteiger partial charge in [-0.1, -0.05) is 11.3 Å². The topological polar surface area (TPSA) is 51.2 Å². The van der Waals surface area contributed by atoms with Crippen LogP contribution in [0.15, 0.2) is 36.4 Å². The number of fused-ring (bicyclic) bond motifs is 1. The third kappa shape index (κ3) is 3.46. The number of carbonyl (C=O) groups is 1. The van der Waals surface area contributed by atoms with E-state index in [2.05, 4.69) is 15.0 Å². The maximum atomic E-state index is 13.6. The Bertz CT molecular complexity index is 896. The standard InChI is InChI=1S/C15H8F4N2O2S/c16-8-5-10(17)12-11(6-8)24-15(20-12)21-13(22)7-1-3-9(4-2-7)23-14(18)19/h1-6,14H,(H,20,21,22). The molecule has 0 bridgehead atoms. The second-order valence-electron chi connectivity index (χ2n) is 4.61. The number of anilines is 1. The molecule has 4 nitrogen and oxygen atoms in total. The Morgan fingerprint density at radius 1 is 1.17 bits per heavy atom. The van der Waals surface area contributed by atoms with E-state index in [0.29, 0.717) is 6.07 Å². The van der Waals surface area contributed by atoms with Gasteiger partial charge in [0.2, 0.25) is 0 Å². The lowest BCUT2D eigenvalue weighted by Crippen LogP contribution is -2.11. The minimum absolute atomic E-state index is 0.0441. The summed E-state index contributed by atoms with van der Waals surface area (Å²) < 4.78 is 55.3. The van der Waals surface area contributed by atoms with Crippen molar-refractivity contribution in [1.82, 2.24) is 4.98 Å². The summed E-state index contributed by atoms with van der Waals surface area (Å²) in [7, 11) is 0. The fraction of sp³-hybridized carbons (Fsp3) is 0.0667. The van der Waals surface area contributed by atoms with E-state index in [-0.39, 0.29) is 26.7 Å². The highest BCUT2D eigenvalue weighted by Crippen LogP contribution is 2.29. The molecule has 0 aliphatic heterocycles. The number of amides is 1. The number of thiazole rings is 1. The summed E-state index contributed by atoms with van der Waals surface area (Å²) >= 11 is 0.913. The van der Waals surface area contributed by atoms with E-state index in [0.717, 1.165) is 17.4 Å². The number of halogens is 4. The molecule has 3 rings (SSSR count). The largest absolute Gasteiger partial charge is 0.435 e. The second-order valence-corrected chi connectivity index (χ2v) is 5.64. The van der Waals surface area contributed by atoms with Crippen molar-refractivity contribution in [3.8, 4) is 5.75 Å². The highest BCUT2D eigenvalue weighted by molar-refractivity contribution is 7.22. The zero-order valence-corrected chi connectivity index (χ0v) is 12.5. The van der Waals surface area contributed by atoms with Crippen molar-refractivity contribution < 1.29 is 27.1 Å². The van der Waals surface area contributed by atoms with Gasteiger partial charge in [-0.05, 0) is 30.3 Å². The zero-order valence-electron chi connectivity index (χ0n) is 11.7. The lowest BCUT2D eigenvalue weighted by molar-refractivity contribution is -0.0498. The monoisotopic (exact) mass is 356 g/mol. The lowest BCUT2D eigenvalue weighted by Gasteiger charge is -2.05. The minimum atomic E-state index is -2.96. The Hall–Kier alpha value is -2.68. The molecule has 1 heterocycles. The highest BCUT2D eigenvalue weighted by atomic mass is 32.1. The Morgan fingerprint density at radius 3 is 2.54 bits per heavy atom. The Morgan fingerprint density at radius 2 is 1.88 bits per heavy atom. The van der Waals surface area contributed by atoms with Crippen LogP contribution >= 0.6 is 11.3 Å². The lowest BCUT2D eigenvalue weighted by atomic mass is 10.2. The van der Waals surface area contributed by atoms with Crippen LogP contribution in [-0.2, 0) is 0 Å². The Balaban J connectivity index is 1.78. The first-order valence-electron chi connectivity index (χ1n) is 6.54. The number of benzene rings is 2. The molecule has 124 valence electrons. The number of hydrogen-bond acceptors (Lipinski definition) is 4. The van der Waals surface area contributed by atoms with Gasteiger partial charge in [0.05, 0.1) is 4.70 Å². The smallest absolute Gasteiger partial charge is 0.387 e. The van der Waals surface area contributed by atoms with Crippen LogP contribution in [0.25, 0.3) is 10.2 Å². The first-order chi connectivity index (χ1) is 11.4. The number of nitrogens with one attached hydrogen (secondary N) is 1. The van der Waals surface area contributed by atoms with Crippen LogP contribution in [-0.4, -0.2) is 17.5 Å². The molecule has 0 saturated carbocycles. The first-order valence-corrected chi connectivity index (χ1v) is 7.36. The number of rotatable bonds is 4. The molecule has 0 saturated heterocycles. The maximum absolute atomic E-state index is 13.6. The van der Waals surface area contributed by atoms with Gasteiger partial charge >= 0.3 is 6.61 Å². The average molecular weight is 356 g/mol. The molecule has 0 unspecified atom stereocenters. The molecule has 9 heteroatoms. The molecule has 0 aliphatic carbocycles. The van der Waals surface area contributed by atoms with Crippen molar-refractivity contribution in [2.75, 3.05) is 5.32 Å². The summed E-state index contributed by atoms with van der Waals surface area (Å²) in [4.78, 5) is 16.0. The molecule has 0 atom stereocenters. The van der Waals surface area contributed by atoms with Crippen molar-refractivity contribution in [3.05, 3.63) is 53.6 Å². The molecule has 1 N–H and O–H groups in total. The van der Waals surface area contributed by atoms with Gasteiger partial charge in [0, 0.05) is 11.6 Å². The molecule has 24 heavy (non-hydrogen) atoms. The Labute approximate surface area is 136 Å². The van der Waals surface area contributed by atoms with E-state index in [1.54, 1.807) is 0 Å². The molecular weight excluding hydrogens is 348 g/mol. The van der Waals surface area contributed by atoms with Gasteiger partial charge in [-0.2, -0.15) is 8.78 Å².